The van der Waals surface area contributed by atoms with E-state index < -0.39 is 17.1 Å². The van der Waals surface area contributed by atoms with E-state index in [4.69, 9.17) is 0 Å². The summed E-state index contributed by atoms with van der Waals surface area (Å²) in [6.07, 6.45) is 0. The van der Waals surface area contributed by atoms with Crippen molar-refractivity contribution in [2.45, 2.75) is 26.6 Å². The number of aryl methyl sites for hydroxylation is 1. The minimum absolute atomic E-state index is 0.00755. The minimum Gasteiger partial charge on any atom is -0.348 e. The minimum atomic E-state index is -0.531. The lowest BCUT2D eigenvalue weighted by Crippen LogP contribution is -2.40. The molecule has 1 aromatic heterocycles. The topological polar surface area (TPSA) is 73.1 Å². The van der Waals surface area contributed by atoms with Gasteiger partial charge in [0, 0.05) is 17.7 Å². The number of aromatic nitrogens is 2. The Kier molecular flexibility index (Phi) is 7.00. The molecule has 1 heterocycles. The number of hydrogen-bond acceptors (Lipinski definition) is 3. The zero-order valence-electron chi connectivity index (χ0n) is 20.9. The lowest BCUT2D eigenvalue weighted by molar-refractivity contribution is 0.0951. The van der Waals surface area contributed by atoms with Crippen molar-refractivity contribution in [1.29, 1.82) is 0 Å². The van der Waals surface area contributed by atoms with Crippen LogP contribution in [0.2, 0.25) is 0 Å². The molecular weight excluding hydrogens is 481 g/mol. The molecule has 4 aromatic carbocycles. The maximum absolute atomic E-state index is 14.4. The number of fused-ring (bicyclic) bond motifs is 1. The van der Waals surface area contributed by atoms with Crippen LogP contribution in [0.15, 0.2) is 107 Å². The van der Waals surface area contributed by atoms with Crippen LogP contribution in [0, 0.1) is 12.7 Å². The van der Waals surface area contributed by atoms with Gasteiger partial charge in [-0.15, -0.1) is 0 Å². The van der Waals surface area contributed by atoms with E-state index in [2.05, 4.69) is 5.32 Å². The Morgan fingerprint density at radius 2 is 1.42 bits per heavy atom. The van der Waals surface area contributed by atoms with Crippen LogP contribution in [0.5, 0.6) is 0 Å². The molecule has 0 atom stereocenters. The number of amides is 1. The Balaban J connectivity index is 1.41. The standard InChI is InChI=1S/C31H26FN3O3/c1-21-10-12-22(13-11-21)18-33-29(36)24-16-14-23(15-17-24)19-35-30(37)26-7-3-5-9-28(26)34(31(35)38)20-25-6-2-4-8-27(25)32/h2-17H,18-20H2,1H3,(H,33,36). The highest BCUT2D eigenvalue weighted by Crippen LogP contribution is 2.14. The SMILES string of the molecule is Cc1ccc(CNC(=O)c2ccc(Cn3c(=O)c4ccccc4n(Cc4ccccc4F)c3=O)cc2)cc1. The molecule has 6 nitrogen and oxygen atoms in total. The number of carbonyl (C=O) groups excluding carboxylic acids is 1. The third-order valence-corrected chi connectivity index (χ3v) is 6.55. The normalized spacial score (nSPS) is 11.0. The highest BCUT2D eigenvalue weighted by Gasteiger charge is 2.15. The van der Waals surface area contributed by atoms with Gasteiger partial charge in [-0.05, 0) is 48.4 Å². The van der Waals surface area contributed by atoms with Crippen molar-refractivity contribution < 1.29 is 9.18 Å². The molecule has 38 heavy (non-hydrogen) atoms. The number of nitrogens with one attached hydrogen (secondary N) is 1. The summed E-state index contributed by atoms with van der Waals surface area (Å²) >= 11 is 0. The molecule has 190 valence electrons. The fraction of sp³-hybridized carbons (Fsp3) is 0.129. The number of carbonyl (C=O) groups is 1. The zero-order chi connectivity index (χ0) is 26.6. The molecule has 0 saturated carbocycles. The van der Waals surface area contributed by atoms with Gasteiger partial charge in [-0.2, -0.15) is 0 Å². The highest BCUT2D eigenvalue weighted by molar-refractivity contribution is 5.94. The Morgan fingerprint density at radius 1 is 0.763 bits per heavy atom. The Morgan fingerprint density at radius 3 is 2.16 bits per heavy atom. The van der Waals surface area contributed by atoms with Gasteiger partial charge in [-0.25, -0.2) is 9.18 Å². The molecule has 0 fully saturated rings. The maximum atomic E-state index is 14.4. The lowest BCUT2D eigenvalue weighted by atomic mass is 10.1. The number of benzene rings is 4. The smallest absolute Gasteiger partial charge is 0.332 e. The van der Waals surface area contributed by atoms with E-state index in [0.717, 1.165) is 15.7 Å². The van der Waals surface area contributed by atoms with Crippen LogP contribution in [0.3, 0.4) is 0 Å². The van der Waals surface area contributed by atoms with Crippen molar-refractivity contribution in [1.82, 2.24) is 14.5 Å². The van der Waals surface area contributed by atoms with Gasteiger partial charge in [0.1, 0.15) is 5.82 Å². The number of nitrogens with zero attached hydrogens (tertiary/aromatic N) is 2. The summed E-state index contributed by atoms with van der Waals surface area (Å²) in [6, 6.07) is 27.8. The molecular formula is C31H26FN3O3. The summed E-state index contributed by atoms with van der Waals surface area (Å²) < 4.78 is 17.0. The first kappa shape index (κ1) is 24.9. The Hall–Kier alpha value is -4.78. The second-order valence-electron chi connectivity index (χ2n) is 9.23. The third-order valence-electron chi connectivity index (χ3n) is 6.55. The number of rotatable bonds is 7. The summed E-state index contributed by atoms with van der Waals surface area (Å²) in [7, 11) is 0. The monoisotopic (exact) mass is 507 g/mol. The summed E-state index contributed by atoms with van der Waals surface area (Å²) in [6.45, 7) is 2.43. The van der Waals surface area contributed by atoms with Crippen molar-refractivity contribution in [2.24, 2.45) is 0 Å². The van der Waals surface area contributed by atoms with Crippen LogP contribution in [0.25, 0.3) is 10.9 Å². The average molecular weight is 508 g/mol. The van der Waals surface area contributed by atoms with Gasteiger partial charge in [0.05, 0.1) is 24.0 Å². The predicted molar refractivity (Wildman–Crippen MR) is 146 cm³/mol. The van der Waals surface area contributed by atoms with E-state index in [9.17, 15) is 18.8 Å². The molecule has 0 radical (unpaired) electrons. The third kappa shape index (κ3) is 5.18. The molecule has 0 saturated heterocycles. The zero-order valence-corrected chi connectivity index (χ0v) is 20.9. The van der Waals surface area contributed by atoms with Crippen molar-refractivity contribution in [3.05, 3.63) is 152 Å². The summed E-state index contributed by atoms with van der Waals surface area (Å²) in [5, 5.41) is 3.27. The summed E-state index contributed by atoms with van der Waals surface area (Å²) in [5.41, 5.74) is 3.17. The van der Waals surface area contributed by atoms with Crippen molar-refractivity contribution >= 4 is 16.8 Å². The van der Waals surface area contributed by atoms with Gasteiger partial charge >= 0.3 is 5.69 Å². The molecule has 0 unspecified atom stereocenters. The molecule has 5 rings (SSSR count). The van der Waals surface area contributed by atoms with Gasteiger partial charge in [-0.3, -0.25) is 18.7 Å². The fourth-order valence-corrected chi connectivity index (χ4v) is 4.39. The molecule has 0 aliphatic heterocycles. The van der Waals surface area contributed by atoms with E-state index in [1.807, 2.05) is 31.2 Å². The van der Waals surface area contributed by atoms with Gasteiger partial charge < -0.3 is 5.32 Å². The Labute approximate surface area is 218 Å². The Bertz CT molecular complexity index is 1740. The molecule has 0 bridgehead atoms. The first-order chi connectivity index (χ1) is 18.4. The largest absolute Gasteiger partial charge is 0.348 e. The molecule has 1 N–H and O–H groups in total. The molecule has 0 aliphatic rings. The number of hydrogen-bond donors (Lipinski definition) is 1. The van der Waals surface area contributed by atoms with Gasteiger partial charge in [0.2, 0.25) is 0 Å². The molecule has 0 aliphatic carbocycles. The molecule has 5 aromatic rings. The maximum Gasteiger partial charge on any atom is 0.332 e. The van der Waals surface area contributed by atoms with Gasteiger partial charge in [-0.1, -0.05) is 72.3 Å². The summed E-state index contributed by atoms with van der Waals surface area (Å²) in [4.78, 5) is 39.3. The van der Waals surface area contributed by atoms with Crippen LogP contribution in [0.1, 0.15) is 32.6 Å². The van der Waals surface area contributed by atoms with E-state index in [1.54, 1.807) is 66.7 Å². The lowest BCUT2D eigenvalue weighted by Gasteiger charge is -2.15. The first-order valence-corrected chi connectivity index (χ1v) is 12.3. The van der Waals surface area contributed by atoms with Crippen LogP contribution in [0.4, 0.5) is 4.39 Å². The van der Waals surface area contributed by atoms with E-state index in [-0.39, 0.29) is 19.0 Å². The number of para-hydroxylation sites is 1. The summed E-state index contributed by atoms with van der Waals surface area (Å²) in [5.74, 6) is -0.635. The van der Waals surface area contributed by atoms with Crippen molar-refractivity contribution in [2.75, 3.05) is 0 Å². The van der Waals surface area contributed by atoms with E-state index >= 15 is 0 Å². The number of halogens is 1. The highest BCUT2D eigenvalue weighted by atomic mass is 19.1. The molecule has 7 heteroatoms. The van der Waals surface area contributed by atoms with Crippen molar-refractivity contribution in [3.63, 3.8) is 0 Å². The van der Waals surface area contributed by atoms with E-state index in [0.29, 0.717) is 34.1 Å². The van der Waals surface area contributed by atoms with Crippen LogP contribution in [-0.4, -0.2) is 15.0 Å². The second kappa shape index (κ2) is 10.7. The predicted octanol–water partition coefficient (Wildman–Crippen LogP) is 4.64. The van der Waals surface area contributed by atoms with Gasteiger partial charge in [0.25, 0.3) is 11.5 Å². The molecule has 1 amide bonds. The fourth-order valence-electron chi connectivity index (χ4n) is 4.39. The van der Waals surface area contributed by atoms with Crippen LogP contribution < -0.4 is 16.6 Å². The van der Waals surface area contributed by atoms with E-state index in [1.165, 1.54) is 10.6 Å². The average Bonchev–Trinajstić information content (AvgIpc) is 2.94. The van der Waals surface area contributed by atoms with Gasteiger partial charge in [0.15, 0.2) is 0 Å². The quantitative estimate of drug-likeness (QED) is 0.349. The second-order valence-corrected chi connectivity index (χ2v) is 9.23. The van der Waals surface area contributed by atoms with Crippen LogP contribution >= 0.6 is 0 Å². The first-order valence-electron chi connectivity index (χ1n) is 12.3. The van der Waals surface area contributed by atoms with Crippen LogP contribution in [-0.2, 0) is 19.6 Å². The van der Waals surface area contributed by atoms with Crippen molar-refractivity contribution in [3.8, 4) is 0 Å². The molecule has 0 spiro atoms.